The van der Waals surface area contributed by atoms with Crippen LogP contribution < -0.4 is 5.73 Å². The van der Waals surface area contributed by atoms with Crippen molar-refractivity contribution in [1.82, 2.24) is 4.90 Å². The lowest BCUT2D eigenvalue weighted by Gasteiger charge is -2.19. The average Bonchev–Trinajstić information content (AvgIpc) is 3.40. The van der Waals surface area contributed by atoms with E-state index in [1.54, 1.807) is 18.2 Å². The Balaban J connectivity index is 1.32. The van der Waals surface area contributed by atoms with Gasteiger partial charge >= 0.3 is 12.1 Å². The summed E-state index contributed by atoms with van der Waals surface area (Å²) >= 11 is 6.01. The van der Waals surface area contributed by atoms with Gasteiger partial charge in [-0.1, -0.05) is 66.2 Å². The van der Waals surface area contributed by atoms with Gasteiger partial charge in [-0.15, -0.1) is 0 Å². The number of ether oxygens (including phenoxy) is 1. The molecule has 0 radical (unpaired) electrons. The lowest BCUT2D eigenvalue weighted by Crippen LogP contribution is -2.31. The fourth-order valence-electron chi connectivity index (χ4n) is 5.02. The second-order valence-electron chi connectivity index (χ2n) is 8.54. The summed E-state index contributed by atoms with van der Waals surface area (Å²) in [6, 6.07) is 21.4. The third-order valence-electron chi connectivity index (χ3n) is 6.68. The predicted molar refractivity (Wildman–Crippen MR) is 126 cm³/mol. The molecular weight excluding hydrogens is 440 g/mol. The molecule has 3 aromatic rings. The highest BCUT2D eigenvalue weighted by atomic mass is 35.5. The number of carboxylic acids is 1. The topological polar surface area (TPSA) is 92.9 Å². The zero-order chi connectivity index (χ0) is 23.1. The fraction of sp³-hybridized carbons (Fsp3) is 0.231. The maximum absolute atomic E-state index is 13.0. The molecule has 1 aliphatic heterocycles. The lowest BCUT2D eigenvalue weighted by atomic mass is 9.89. The van der Waals surface area contributed by atoms with E-state index in [9.17, 15) is 14.7 Å². The summed E-state index contributed by atoms with van der Waals surface area (Å²) in [6.07, 6.45) is -0.507. The third kappa shape index (κ3) is 3.80. The van der Waals surface area contributed by atoms with Gasteiger partial charge < -0.3 is 20.5 Å². The summed E-state index contributed by atoms with van der Waals surface area (Å²) in [5.74, 6) is -2.14. The number of benzene rings is 3. The number of anilines is 1. The summed E-state index contributed by atoms with van der Waals surface area (Å²) in [6.45, 7) is 0.521. The molecule has 1 saturated heterocycles. The van der Waals surface area contributed by atoms with E-state index in [0.717, 1.165) is 27.8 Å². The van der Waals surface area contributed by atoms with E-state index >= 15 is 0 Å². The number of nitrogens with two attached hydrogens (primary N) is 1. The van der Waals surface area contributed by atoms with E-state index < -0.39 is 18.0 Å². The molecule has 2 aliphatic rings. The molecule has 168 valence electrons. The zero-order valence-electron chi connectivity index (χ0n) is 17.8. The van der Waals surface area contributed by atoms with Crippen LogP contribution >= 0.6 is 11.6 Å². The average molecular weight is 463 g/mol. The molecule has 1 aliphatic carbocycles. The van der Waals surface area contributed by atoms with Crippen LogP contribution in [-0.2, 0) is 9.53 Å². The van der Waals surface area contributed by atoms with Gasteiger partial charge in [0.15, 0.2) is 0 Å². The molecule has 7 heteroatoms. The number of aliphatic carboxylic acids is 1. The van der Waals surface area contributed by atoms with Crippen molar-refractivity contribution in [2.24, 2.45) is 5.92 Å². The van der Waals surface area contributed by atoms with Crippen LogP contribution in [0.2, 0.25) is 5.02 Å². The summed E-state index contributed by atoms with van der Waals surface area (Å²) in [4.78, 5) is 26.3. The third-order valence-corrected chi connectivity index (χ3v) is 7.02. The molecule has 3 N–H and O–H groups in total. The van der Waals surface area contributed by atoms with Crippen LogP contribution in [0.15, 0.2) is 66.7 Å². The van der Waals surface area contributed by atoms with Crippen molar-refractivity contribution in [3.8, 4) is 11.1 Å². The molecule has 0 aromatic heterocycles. The number of nitrogens with zero attached hydrogens (tertiary/aromatic N) is 1. The van der Waals surface area contributed by atoms with Crippen LogP contribution in [0.1, 0.15) is 28.5 Å². The maximum Gasteiger partial charge on any atom is 0.409 e. The first kappa shape index (κ1) is 21.3. The van der Waals surface area contributed by atoms with E-state index in [1.807, 2.05) is 24.3 Å². The van der Waals surface area contributed by atoms with Crippen LogP contribution in [0.25, 0.3) is 11.1 Å². The van der Waals surface area contributed by atoms with Crippen molar-refractivity contribution in [2.75, 3.05) is 25.4 Å². The second kappa shape index (κ2) is 8.45. The summed E-state index contributed by atoms with van der Waals surface area (Å²) in [5, 5.41) is 10.2. The van der Waals surface area contributed by atoms with Crippen molar-refractivity contribution in [1.29, 1.82) is 0 Å². The number of hydrogen-bond donors (Lipinski definition) is 2. The first-order valence-corrected chi connectivity index (χ1v) is 11.2. The van der Waals surface area contributed by atoms with Gasteiger partial charge in [0, 0.05) is 24.9 Å². The molecule has 1 heterocycles. The largest absolute Gasteiger partial charge is 0.481 e. The van der Waals surface area contributed by atoms with Crippen LogP contribution in [0.3, 0.4) is 0 Å². The molecule has 33 heavy (non-hydrogen) atoms. The highest BCUT2D eigenvalue weighted by molar-refractivity contribution is 6.33. The number of likely N-dealkylation sites (tertiary alicyclic amines) is 1. The number of hydrogen-bond acceptors (Lipinski definition) is 4. The van der Waals surface area contributed by atoms with Gasteiger partial charge in [-0.3, -0.25) is 4.79 Å². The van der Waals surface area contributed by atoms with E-state index in [-0.39, 0.29) is 31.5 Å². The number of halogens is 1. The Bertz CT molecular complexity index is 1200. The Hall–Kier alpha value is -3.51. The van der Waals surface area contributed by atoms with E-state index in [4.69, 9.17) is 22.1 Å². The van der Waals surface area contributed by atoms with Crippen LogP contribution in [-0.4, -0.2) is 41.8 Å². The van der Waals surface area contributed by atoms with Gasteiger partial charge in [0.05, 0.1) is 16.6 Å². The van der Waals surface area contributed by atoms with Crippen LogP contribution in [0, 0.1) is 5.92 Å². The van der Waals surface area contributed by atoms with Gasteiger partial charge in [-0.05, 0) is 39.9 Å². The van der Waals surface area contributed by atoms with E-state index in [0.29, 0.717) is 10.7 Å². The minimum atomic E-state index is -0.956. The van der Waals surface area contributed by atoms with Crippen molar-refractivity contribution < 1.29 is 19.4 Å². The smallest absolute Gasteiger partial charge is 0.409 e. The Morgan fingerprint density at radius 1 is 1.00 bits per heavy atom. The van der Waals surface area contributed by atoms with Crippen molar-refractivity contribution in [3.05, 3.63) is 88.4 Å². The van der Waals surface area contributed by atoms with Gasteiger partial charge in [0.25, 0.3) is 0 Å². The Kier molecular flexibility index (Phi) is 5.46. The molecular formula is C26H23ClN2O4. The summed E-state index contributed by atoms with van der Waals surface area (Å²) in [5.41, 5.74) is 11.6. The van der Waals surface area contributed by atoms with Gasteiger partial charge in [0.2, 0.25) is 0 Å². The number of carbonyl (C=O) groups is 2. The zero-order valence-corrected chi connectivity index (χ0v) is 18.5. The van der Waals surface area contributed by atoms with Crippen LogP contribution in [0.5, 0.6) is 0 Å². The fourth-order valence-corrected chi connectivity index (χ4v) is 5.14. The van der Waals surface area contributed by atoms with Crippen molar-refractivity contribution in [2.45, 2.75) is 11.8 Å². The number of rotatable bonds is 4. The SMILES string of the molecule is Nc1cc([C@@H]2CN(C(=O)OCC3c4ccccc4-c4ccccc43)C[C@H]2C(=O)O)ccc1Cl. The molecule has 1 amide bonds. The molecule has 1 fully saturated rings. The molecule has 0 bridgehead atoms. The number of fused-ring (bicyclic) bond motifs is 3. The normalized spacial score (nSPS) is 19.2. The molecule has 3 aromatic carbocycles. The van der Waals surface area contributed by atoms with Gasteiger partial charge in [0.1, 0.15) is 6.61 Å². The Morgan fingerprint density at radius 3 is 2.24 bits per heavy atom. The summed E-state index contributed by atoms with van der Waals surface area (Å²) in [7, 11) is 0. The highest BCUT2D eigenvalue weighted by Crippen LogP contribution is 2.44. The molecule has 6 nitrogen and oxygen atoms in total. The minimum Gasteiger partial charge on any atom is -0.481 e. The number of nitrogen functional groups attached to an aromatic ring is 1. The van der Waals surface area contributed by atoms with E-state index in [2.05, 4.69) is 24.3 Å². The standard InChI is InChI=1S/C26H23ClN2O4/c27-23-10-9-15(11-24(23)28)20-12-29(13-21(20)25(30)31)26(32)33-14-22-18-7-3-1-5-16(18)17-6-2-4-8-19(17)22/h1-11,20-22H,12-14,28H2,(H,30,31)/t20-,21+/m0/s1. The minimum absolute atomic E-state index is 0.0499. The highest BCUT2D eigenvalue weighted by Gasteiger charge is 2.41. The Labute approximate surface area is 196 Å². The lowest BCUT2D eigenvalue weighted by molar-refractivity contribution is -0.141. The van der Waals surface area contributed by atoms with Crippen molar-refractivity contribution >= 4 is 29.4 Å². The van der Waals surface area contributed by atoms with Gasteiger partial charge in [-0.25, -0.2) is 4.79 Å². The quantitative estimate of drug-likeness (QED) is 0.534. The van der Waals surface area contributed by atoms with Gasteiger partial charge in [-0.2, -0.15) is 0 Å². The maximum atomic E-state index is 13.0. The number of carboxylic acid groups (broad SMARTS) is 1. The molecule has 0 unspecified atom stereocenters. The first-order chi connectivity index (χ1) is 15.9. The molecule has 2 atom stereocenters. The number of carbonyl (C=O) groups excluding carboxylic acids is 1. The Morgan fingerprint density at radius 2 is 1.64 bits per heavy atom. The van der Waals surface area contributed by atoms with Crippen LogP contribution in [0.4, 0.5) is 10.5 Å². The predicted octanol–water partition coefficient (Wildman–Crippen LogP) is 4.97. The molecule has 0 saturated carbocycles. The van der Waals surface area contributed by atoms with E-state index in [1.165, 1.54) is 4.90 Å². The summed E-state index contributed by atoms with van der Waals surface area (Å²) < 4.78 is 5.73. The monoisotopic (exact) mass is 462 g/mol. The molecule has 0 spiro atoms. The number of amides is 1. The molecule has 5 rings (SSSR count). The second-order valence-corrected chi connectivity index (χ2v) is 8.95. The first-order valence-electron chi connectivity index (χ1n) is 10.8. The van der Waals surface area contributed by atoms with Crippen molar-refractivity contribution in [3.63, 3.8) is 0 Å².